The van der Waals surface area contributed by atoms with Crippen molar-refractivity contribution in [2.45, 2.75) is 13.5 Å². The Balaban J connectivity index is 2.45. The van der Waals surface area contributed by atoms with Crippen LogP contribution in [-0.4, -0.2) is 33.2 Å². The largest absolute Gasteiger partial charge is 0.478 e. The van der Waals surface area contributed by atoms with Crippen molar-refractivity contribution in [1.29, 1.82) is 0 Å². The molecule has 0 radical (unpaired) electrons. The second-order valence-corrected chi connectivity index (χ2v) is 3.86. The van der Waals surface area contributed by atoms with Gasteiger partial charge in [-0.1, -0.05) is 0 Å². The fourth-order valence-corrected chi connectivity index (χ4v) is 1.79. The van der Waals surface area contributed by atoms with E-state index in [1.165, 1.54) is 22.8 Å². The highest BCUT2D eigenvalue weighted by atomic mass is 16.5. The summed E-state index contributed by atoms with van der Waals surface area (Å²) in [6.45, 7) is 1.70. The third-order valence-corrected chi connectivity index (χ3v) is 2.61. The zero-order chi connectivity index (χ0) is 14.0. The maximum atomic E-state index is 11.7. The number of carboxylic acids is 1. The number of carbonyl (C=O) groups excluding carboxylic acids is 1. The molecule has 0 aliphatic carbocycles. The molecule has 1 heterocycles. The third kappa shape index (κ3) is 2.49. The number of esters is 1. The van der Waals surface area contributed by atoms with E-state index in [-0.39, 0.29) is 18.7 Å². The lowest BCUT2D eigenvalue weighted by Crippen LogP contribution is -2.23. The van der Waals surface area contributed by atoms with Crippen LogP contribution in [0.3, 0.4) is 0 Å². The van der Waals surface area contributed by atoms with Crippen molar-refractivity contribution in [3.05, 3.63) is 34.2 Å². The highest BCUT2D eigenvalue weighted by Crippen LogP contribution is 2.13. The molecule has 0 unspecified atom stereocenters. The molecule has 0 spiro atoms. The minimum Gasteiger partial charge on any atom is -0.478 e. The van der Waals surface area contributed by atoms with Gasteiger partial charge in [-0.05, 0) is 25.1 Å². The highest BCUT2D eigenvalue weighted by molar-refractivity contribution is 5.92. The predicted molar refractivity (Wildman–Crippen MR) is 66.2 cm³/mol. The summed E-state index contributed by atoms with van der Waals surface area (Å²) in [7, 11) is 0. The molecule has 1 aromatic carbocycles. The number of aromatic nitrogens is 2. The van der Waals surface area contributed by atoms with Crippen LogP contribution in [0, 0.1) is 0 Å². The zero-order valence-corrected chi connectivity index (χ0v) is 10.2. The van der Waals surface area contributed by atoms with Crippen molar-refractivity contribution in [2.24, 2.45) is 0 Å². The highest BCUT2D eigenvalue weighted by Gasteiger charge is 2.13. The van der Waals surface area contributed by atoms with E-state index in [9.17, 15) is 14.4 Å². The average molecular weight is 264 g/mol. The number of benzene rings is 1. The molecule has 0 aliphatic heterocycles. The first-order chi connectivity index (χ1) is 9.02. The van der Waals surface area contributed by atoms with E-state index in [2.05, 4.69) is 4.98 Å². The van der Waals surface area contributed by atoms with E-state index in [1.54, 1.807) is 6.92 Å². The van der Waals surface area contributed by atoms with Crippen LogP contribution in [0.1, 0.15) is 17.3 Å². The predicted octanol–water partition coefficient (Wildman–Crippen LogP) is 0.591. The molecular formula is C12H12N2O5. The summed E-state index contributed by atoms with van der Waals surface area (Å²) in [5.41, 5.74) is 0.417. The van der Waals surface area contributed by atoms with Crippen LogP contribution in [0.4, 0.5) is 0 Å². The number of imidazole rings is 1. The van der Waals surface area contributed by atoms with Crippen LogP contribution in [0.25, 0.3) is 11.0 Å². The van der Waals surface area contributed by atoms with Gasteiger partial charge in [0.15, 0.2) is 0 Å². The Morgan fingerprint density at radius 1 is 1.42 bits per heavy atom. The molecule has 0 atom stereocenters. The monoisotopic (exact) mass is 264 g/mol. The summed E-state index contributed by atoms with van der Waals surface area (Å²) < 4.78 is 5.98. The molecule has 2 N–H and O–H groups in total. The van der Waals surface area contributed by atoms with Gasteiger partial charge in [0.2, 0.25) is 0 Å². The number of fused-ring (bicyclic) bond motifs is 1. The summed E-state index contributed by atoms with van der Waals surface area (Å²) in [5.74, 6) is -1.60. The van der Waals surface area contributed by atoms with Crippen LogP contribution < -0.4 is 5.69 Å². The third-order valence-electron chi connectivity index (χ3n) is 2.61. The van der Waals surface area contributed by atoms with Crippen LogP contribution in [0.2, 0.25) is 0 Å². The van der Waals surface area contributed by atoms with Crippen molar-refractivity contribution in [2.75, 3.05) is 6.61 Å². The SMILES string of the molecule is CCOC(=O)Cn1c(=O)[nH]c2cc(C(=O)O)ccc21. The summed E-state index contributed by atoms with van der Waals surface area (Å²) in [6, 6.07) is 4.20. The summed E-state index contributed by atoms with van der Waals surface area (Å²) >= 11 is 0. The second-order valence-electron chi connectivity index (χ2n) is 3.86. The lowest BCUT2D eigenvalue weighted by atomic mass is 10.2. The Bertz CT molecular complexity index is 698. The summed E-state index contributed by atoms with van der Waals surface area (Å²) in [5, 5.41) is 8.86. The Morgan fingerprint density at radius 3 is 2.79 bits per heavy atom. The minimum absolute atomic E-state index is 0.0667. The molecule has 0 bridgehead atoms. The van der Waals surface area contributed by atoms with Gasteiger partial charge in [0.05, 0.1) is 23.2 Å². The van der Waals surface area contributed by atoms with E-state index in [1.807, 2.05) is 0 Å². The number of ether oxygens (including phenoxy) is 1. The van der Waals surface area contributed by atoms with Crippen molar-refractivity contribution in [3.63, 3.8) is 0 Å². The van der Waals surface area contributed by atoms with E-state index < -0.39 is 17.6 Å². The number of nitrogens with zero attached hydrogens (tertiary/aromatic N) is 1. The van der Waals surface area contributed by atoms with Gasteiger partial charge in [-0.25, -0.2) is 9.59 Å². The van der Waals surface area contributed by atoms with Gasteiger partial charge in [0.25, 0.3) is 0 Å². The van der Waals surface area contributed by atoms with Crippen LogP contribution in [0.15, 0.2) is 23.0 Å². The number of aromatic carboxylic acids is 1. The molecule has 7 heteroatoms. The van der Waals surface area contributed by atoms with Gasteiger partial charge in [-0.3, -0.25) is 9.36 Å². The average Bonchev–Trinajstić information content (AvgIpc) is 2.65. The Hall–Kier alpha value is -2.57. The van der Waals surface area contributed by atoms with Crippen LogP contribution in [0.5, 0.6) is 0 Å². The van der Waals surface area contributed by atoms with Crippen molar-refractivity contribution < 1.29 is 19.4 Å². The first-order valence-electron chi connectivity index (χ1n) is 5.64. The molecule has 7 nitrogen and oxygen atoms in total. The molecule has 100 valence electrons. The molecule has 0 saturated heterocycles. The number of rotatable bonds is 4. The van der Waals surface area contributed by atoms with Gasteiger partial charge in [0.1, 0.15) is 6.54 Å². The van der Waals surface area contributed by atoms with Crippen molar-refractivity contribution >= 4 is 23.0 Å². The van der Waals surface area contributed by atoms with E-state index in [0.717, 1.165) is 0 Å². The first kappa shape index (κ1) is 12.9. The van der Waals surface area contributed by atoms with Crippen LogP contribution in [-0.2, 0) is 16.1 Å². The summed E-state index contributed by atoms with van der Waals surface area (Å²) in [4.78, 5) is 36.4. The molecule has 19 heavy (non-hydrogen) atoms. The number of hydrogen-bond donors (Lipinski definition) is 2. The summed E-state index contributed by atoms with van der Waals surface area (Å²) in [6.07, 6.45) is 0. The topological polar surface area (TPSA) is 101 Å². The Labute approximate surface area is 107 Å². The molecule has 2 aromatic rings. The lowest BCUT2D eigenvalue weighted by molar-refractivity contribution is -0.143. The van der Waals surface area contributed by atoms with Gasteiger partial charge in [0, 0.05) is 0 Å². The fraction of sp³-hybridized carbons (Fsp3) is 0.250. The van der Waals surface area contributed by atoms with Crippen molar-refractivity contribution in [3.8, 4) is 0 Å². The van der Waals surface area contributed by atoms with Crippen LogP contribution >= 0.6 is 0 Å². The Kier molecular flexibility index (Phi) is 3.37. The number of carboxylic acid groups (broad SMARTS) is 1. The molecule has 0 amide bonds. The van der Waals surface area contributed by atoms with E-state index >= 15 is 0 Å². The molecular weight excluding hydrogens is 252 g/mol. The number of aromatic amines is 1. The number of carbonyl (C=O) groups is 2. The van der Waals surface area contributed by atoms with Gasteiger partial charge in [-0.15, -0.1) is 0 Å². The molecule has 0 saturated carbocycles. The normalized spacial score (nSPS) is 10.6. The van der Waals surface area contributed by atoms with E-state index in [4.69, 9.17) is 9.84 Å². The maximum Gasteiger partial charge on any atom is 0.335 e. The quantitative estimate of drug-likeness (QED) is 0.787. The van der Waals surface area contributed by atoms with E-state index in [0.29, 0.717) is 11.0 Å². The second kappa shape index (κ2) is 4.97. The van der Waals surface area contributed by atoms with Gasteiger partial charge >= 0.3 is 17.6 Å². The number of hydrogen-bond acceptors (Lipinski definition) is 4. The maximum absolute atomic E-state index is 11.7. The lowest BCUT2D eigenvalue weighted by Gasteiger charge is -2.03. The smallest absolute Gasteiger partial charge is 0.335 e. The zero-order valence-electron chi connectivity index (χ0n) is 10.2. The van der Waals surface area contributed by atoms with Gasteiger partial charge in [-0.2, -0.15) is 0 Å². The number of nitrogens with one attached hydrogen (secondary N) is 1. The van der Waals surface area contributed by atoms with Crippen molar-refractivity contribution in [1.82, 2.24) is 9.55 Å². The molecule has 0 fully saturated rings. The van der Waals surface area contributed by atoms with Gasteiger partial charge < -0.3 is 14.8 Å². The first-order valence-corrected chi connectivity index (χ1v) is 5.64. The standard InChI is InChI=1S/C12H12N2O5/c1-2-19-10(15)6-14-9-4-3-7(11(16)17)5-8(9)13-12(14)18/h3-5H,2,6H2,1H3,(H,13,18)(H,16,17). The number of H-pyrrole nitrogens is 1. The minimum atomic E-state index is -1.08. The molecule has 0 aliphatic rings. The molecule has 2 rings (SSSR count). The fourth-order valence-electron chi connectivity index (χ4n) is 1.79. The molecule has 1 aromatic heterocycles. The Morgan fingerprint density at radius 2 is 2.16 bits per heavy atom.